The van der Waals surface area contributed by atoms with E-state index in [0.29, 0.717) is 12.8 Å². The highest BCUT2D eigenvalue weighted by Crippen LogP contribution is 2.24. The van der Waals surface area contributed by atoms with Gasteiger partial charge in [0.15, 0.2) is 0 Å². The van der Waals surface area contributed by atoms with Gasteiger partial charge in [-0.3, -0.25) is 10.1 Å². The third-order valence-electron chi connectivity index (χ3n) is 1.86. The molecule has 0 saturated carbocycles. The van der Waals surface area contributed by atoms with Gasteiger partial charge >= 0.3 is 5.70 Å². The van der Waals surface area contributed by atoms with Crippen molar-refractivity contribution in [2.24, 2.45) is 4.99 Å². The van der Waals surface area contributed by atoms with Crippen molar-refractivity contribution in [2.45, 2.75) is 19.8 Å². The molecule has 0 aliphatic carbocycles. The van der Waals surface area contributed by atoms with Crippen molar-refractivity contribution >= 4 is 28.4 Å². The van der Waals surface area contributed by atoms with Gasteiger partial charge in [0.05, 0.1) is 4.92 Å². The monoisotopic (exact) mass is 234 g/mol. The molecular formula is C8H8Cl2N2O2. The van der Waals surface area contributed by atoms with Crippen molar-refractivity contribution in [3.63, 3.8) is 0 Å². The molecule has 0 bridgehead atoms. The van der Waals surface area contributed by atoms with E-state index >= 15 is 0 Å². The van der Waals surface area contributed by atoms with E-state index in [1.54, 1.807) is 0 Å². The van der Waals surface area contributed by atoms with E-state index < -0.39 is 4.92 Å². The summed E-state index contributed by atoms with van der Waals surface area (Å²) in [5, 5.41) is 10.6. The number of halogens is 2. The SMILES string of the molecule is CCC1=C(Cl)N=C(Cl)C([N+](=O)[O-])=CC1. The normalized spacial score (nSPS) is 17.4. The summed E-state index contributed by atoms with van der Waals surface area (Å²) in [5.41, 5.74) is 0.662. The van der Waals surface area contributed by atoms with Crippen LogP contribution in [0.2, 0.25) is 0 Å². The molecule has 0 aromatic heterocycles. The lowest BCUT2D eigenvalue weighted by atomic mass is 10.1. The molecule has 0 spiro atoms. The lowest BCUT2D eigenvalue weighted by Crippen LogP contribution is -2.05. The quantitative estimate of drug-likeness (QED) is 0.419. The average molecular weight is 235 g/mol. The van der Waals surface area contributed by atoms with Gasteiger partial charge in [-0.05, 0) is 18.4 Å². The van der Waals surface area contributed by atoms with Crippen molar-refractivity contribution in [2.75, 3.05) is 0 Å². The fraction of sp³-hybridized carbons (Fsp3) is 0.375. The van der Waals surface area contributed by atoms with Crippen LogP contribution in [0.4, 0.5) is 0 Å². The van der Waals surface area contributed by atoms with Crippen LogP contribution in [-0.2, 0) is 0 Å². The fourth-order valence-electron chi connectivity index (χ4n) is 1.05. The first-order chi connectivity index (χ1) is 6.56. The first-order valence-corrected chi connectivity index (χ1v) is 4.78. The molecule has 76 valence electrons. The molecule has 1 heterocycles. The van der Waals surface area contributed by atoms with Gasteiger partial charge in [0.25, 0.3) is 0 Å². The van der Waals surface area contributed by atoms with E-state index in [1.165, 1.54) is 6.08 Å². The minimum absolute atomic E-state index is 0.163. The van der Waals surface area contributed by atoms with Crippen molar-refractivity contribution in [3.05, 3.63) is 32.6 Å². The molecule has 0 saturated heterocycles. The molecule has 0 fully saturated rings. The van der Waals surface area contributed by atoms with Crippen molar-refractivity contribution in [3.8, 4) is 0 Å². The predicted octanol–water partition coefficient (Wildman–Crippen LogP) is 3.05. The summed E-state index contributed by atoms with van der Waals surface area (Å²) in [6.45, 7) is 1.91. The Morgan fingerprint density at radius 3 is 2.79 bits per heavy atom. The summed E-state index contributed by atoms with van der Waals surface area (Å²) in [5.74, 6) is 0. The van der Waals surface area contributed by atoms with Gasteiger partial charge in [0, 0.05) is 6.08 Å². The Hall–Kier alpha value is -0.870. The Morgan fingerprint density at radius 2 is 2.29 bits per heavy atom. The molecule has 1 rings (SSSR count). The first kappa shape index (κ1) is 11.2. The van der Waals surface area contributed by atoms with Crippen molar-refractivity contribution in [1.29, 1.82) is 0 Å². The summed E-state index contributed by atoms with van der Waals surface area (Å²) in [4.78, 5) is 13.7. The van der Waals surface area contributed by atoms with Gasteiger partial charge in [0.2, 0.25) is 5.17 Å². The van der Waals surface area contributed by atoms with Crippen molar-refractivity contribution < 1.29 is 4.92 Å². The smallest absolute Gasteiger partial charge is 0.258 e. The van der Waals surface area contributed by atoms with E-state index in [0.717, 1.165) is 5.57 Å². The van der Waals surface area contributed by atoms with Crippen LogP contribution in [0.1, 0.15) is 19.8 Å². The lowest BCUT2D eigenvalue weighted by molar-refractivity contribution is -0.414. The van der Waals surface area contributed by atoms with Gasteiger partial charge in [-0.1, -0.05) is 30.1 Å². The van der Waals surface area contributed by atoms with Gasteiger partial charge < -0.3 is 0 Å². The van der Waals surface area contributed by atoms with E-state index in [1.807, 2.05) is 6.92 Å². The molecule has 0 radical (unpaired) electrons. The van der Waals surface area contributed by atoms with Gasteiger partial charge in [-0.2, -0.15) is 0 Å². The van der Waals surface area contributed by atoms with Crippen molar-refractivity contribution in [1.82, 2.24) is 0 Å². The van der Waals surface area contributed by atoms with E-state index in [-0.39, 0.29) is 16.0 Å². The van der Waals surface area contributed by atoms with E-state index in [9.17, 15) is 10.1 Å². The predicted molar refractivity (Wildman–Crippen MR) is 56.2 cm³/mol. The zero-order valence-electron chi connectivity index (χ0n) is 7.46. The van der Waals surface area contributed by atoms with E-state index in [2.05, 4.69) is 4.99 Å². The number of hydrogen-bond donors (Lipinski definition) is 0. The Balaban J connectivity index is 3.09. The Morgan fingerprint density at radius 1 is 1.64 bits per heavy atom. The third kappa shape index (κ3) is 2.33. The minimum Gasteiger partial charge on any atom is -0.258 e. The summed E-state index contributed by atoms with van der Waals surface area (Å²) < 4.78 is 0. The number of nitrogens with zero attached hydrogens (tertiary/aromatic N) is 2. The van der Waals surface area contributed by atoms with Crippen LogP contribution in [0.5, 0.6) is 0 Å². The molecule has 6 heteroatoms. The largest absolute Gasteiger partial charge is 0.302 e. The topological polar surface area (TPSA) is 55.5 Å². The van der Waals surface area contributed by atoms with Crippen LogP contribution < -0.4 is 0 Å². The molecule has 14 heavy (non-hydrogen) atoms. The third-order valence-corrected chi connectivity index (χ3v) is 2.49. The lowest BCUT2D eigenvalue weighted by Gasteiger charge is -1.97. The summed E-state index contributed by atoms with van der Waals surface area (Å²) in [6.07, 6.45) is 2.55. The maximum absolute atomic E-state index is 10.5. The number of rotatable bonds is 2. The van der Waals surface area contributed by atoms with Crippen LogP contribution >= 0.6 is 23.2 Å². The minimum atomic E-state index is -0.561. The fourth-order valence-corrected chi connectivity index (χ4v) is 1.62. The molecule has 0 aromatic carbocycles. The van der Waals surface area contributed by atoms with Crippen LogP contribution in [0.15, 0.2) is 27.5 Å². The number of allylic oxidation sites excluding steroid dienone is 3. The molecule has 0 aromatic rings. The van der Waals surface area contributed by atoms with Gasteiger partial charge in [-0.25, -0.2) is 4.99 Å². The maximum Gasteiger partial charge on any atom is 0.302 e. The molecule has 0 unspecified atom stereocenters. The van der Waals surface area contributed by atoms with Crippen LogP contribution in [0.25, 0.3) is 0 Å². The summed E-state index contributed by atoms with van der Waals surface area (Å²) in [7, 11) is 0. The molecule has 0 amide bonds. The van der Waals surface area contributed by atoms with Crippen LogP contribution in [0, 0.1) is 10.1 Å². The zero-order valence-corrected chi connectivity index (χ0v) is 8.97. The average Bonchev–Trinajstić information content (AvgIpc) is 2.23. The first-order valence-electron chi connectivity index (χ1n) is 4.03. The van der Waals surface area contributed by atoms with Gasteiger partial charge in [-0.15, -0.1) is 0 Å². The number of aliphatic imine (C=N–C) groups is 1. The Bertz CT molecular complexity index is 358. The highest BCUT2D eigenvalue weighted by Gasteiger charge is 2.20. The second kappa shape index (κ2) is 4.57. The zero-order chi connectivity index (χ0) is 10.7. The van der Waals surface area contributed by atoms with E-state index in [4.69, 9.17) is 23.2 Å². The molecule has 0 N–H and O–H groups in total. The standard InChI is InChI=1S/C8H8Cl2N2O2/c1-2-5-3-4-6(12(13)14)8(10)11-7(5)9/h4H,2-3H2,1H3. The molecular weight excluding hydrogens is 227 g/mol. The molecule has 1 aliphatic rings. The summed E-state index contributed by atoms with van der Waals surface area (Å²) in [6, 6.07) is 0. The maximum atomic E-state index is 10.5. The second-order valence-corrected chi connectivity index (χ2v) is 3.42. The highest BCUT2D eigenvalue weighted by atomic mass is 35.5. The number of nitro groups is 1. The summed E-state index contributed by atoms with van der Waals surface area (Å²) >= 11 is 11.4. The van der Waals surface area contributed by atoms with Crippen LogP contribution in [0.3, 0.4) is 0 Å². The molecule has 1 aliphatic heterocycles. The Labute approximate surface area is 91.1 Å². The van der Waals surface area contributed by atoms with Crippen LogP contribution in [-0.4, -0.2) is 10.1 Å². The Kier molecular flexibility index (Phi) is 3.66. The number of hydrogen-bond acceptors (Lipinski definition) is 3. The highest BCUT2D eigenvalue weighted by molar-refractivity contribution is 6.69. The second-order valence-electron chi connectivity index (χ2n) is 2.70. The molecule has 4 nitrogen and oxygen atoms in total. The van der Waals surface area contributed by atoms with Gasteiger partial charge in [0.1, 0.15) is 5.16 Å². The molecule has 0 atom stereocenters.